The average Bonchev–Trinajstić information content (AvgIpc) is 3.10. The molecule has 0 saturated heterocycles. The molecule has 0 radical (unpaired) electrons. The van der Waals surface area contributed by atoms with Crippen LogP contribution in [0, 0.1) is 5.82 Å². The van der Waals surface area contributed by atoms with E-state index in [-0.39, 0.29) is 5.82 Å². The van der Waals surface area contributed by atoms with Crippen molar-refractivity contribution < 1.29 is 18.4 Å². The number of methoxy groups -OCH3 is 1. The van der Waals surface area contributed by atoms with Crippen LogP contribution in [0.25, 0.3) is 22.1 Å². The molecule has 0 unspecified atom stereocenters. The Morgan fingerprint density at radius 1 is 1.07 bits per heavy atom. The predicted molar refractivity (Wildman–Crippen MR) is 109 cm³/mol. The standard InChI is InChI=1S/C21H17FN4O3/c1-28-17-10-9-16(18-19(17)29-26-20(18)23)12-5-7-14(8-6-12)24-21(27)25-15-4-2-3-13(22)11-15/h2-11H,1H3,(H2,23,26)(H2,24,25,27). The van der Waals surface area contributed by atoms with Crippen LogP contribution in [0.5, 0.6) is 5.75 Å². The van der Waals surface area contributed by atoms with Gasteiger partial charge in [0.1, 0.15) is 5.82 Å². The van der Waals surface area contributed by atoms with Gasteiger partial charge in [0.15, 0.2) is 11.6 Å². The highest BCUT2D eigenvalue weighted by Gasteiger charge is 2.16. The van der Waals surface area contributed by atoms with Crippen LogP contribution < -0.4 is 21.1 Å². The highest BCUT2D eigenvalue weighted by atomic mass is 19.1. The van der Waals surface area contributed by atoms with Gasteiger partial charge < -0.3 is 25.6 Å². The molecule has 1 aromatic heterocycles. The maximum atomic E-state index is 13.2. The topological polar surface area (TPSA) is 102 Å². The number of rotatable bonds is 4. The van der Waals surface area contributed by atoms with E-state index in [1.165, 1.54) is 18.2 Å². The van der Waals surface area contributed by atoms with E-state index in [4.69, 9.17) is 15.0 Å². The third-order valence-electron chi connectivity index (χ3n) is 4.37. The van der Waals surface area contributed by atoms with Gasteiger partial charge in [-0.25, -0.2) is 9.18 Å². The number of ether oxygens (including phenoxy) is 1. The Labute approximate surface area is 165 Å². The van der Waals surface area contributed by atoms with Crippen LogP contribution in [0.2, 0.25) is 0 Å². The van der Waals surface area contributed by atoms with Gasteiger partial charge in [-0.2, -0.15) is 0 Å². The number of nitrogens with zero attached hydrogens (tertiary/aromatic N) is 1. The van der Waals surface area contributed by atoms with Gasteiger partial charge in [-0.3, -0.25) is 0 Å². The molecule has 2 amide bonds. The monoisotopic (exact) mass is 392 g/mol. The smallest absolute Gasteiger partial charge is 0.323 e. The van der Waals surface area contributed by atoms with Crippen LogP contribution in [0.3, 0.4) is 0 Å². The van der Waals surface area contributed by atoms with Crippen molar-refractivity contribution >= 4 is 34.2 Å². The molecule has 3 aromatic carbocycles. The van der Waals surface area contributed by atoms with Crippen LogP contribution >= 0.6 is 0 Å². The number of amides is 2. The number of hydrogen-bond acceptors (Lipinski definition) is 5. The summed E-state index contributed by atoms with van der Waals surface area (Å²) in [6.45, 7) is 0. The van der Waals surface area contributed by atoms with Crippen LogP contribution in [-0.4, -0.2) is 18.3 Å². The summed E-state index contributed by atoms with van der Waals surface area (Å²) in [5.41, 5.74) is 9.07. The van der Waals surface area contributed by atoms with Gasteiger partial charge in [0, 0.05) is 11.4 Å². The summed E-state index contributed by atoms with van der Waals surface area (Å²) in [4.78, 5) is 12.1. The summed E-state index contributed by atoms with van der Waals surface area (Å²) in [5, 5.41) is 9.76. The normalized spacial score (nSPS) is 10.7. The van der Waals surface area contributed by atoms with E-state index in [1.807, 2.05) is 18.2 Å². The molecule has 0 fully saturated rings. The van der Waals surface area contributed by atoms with Crippen LogP contribution in [0.1, 0.15) is 0 Å². The number of carbonyl (C=O) groups is 1. The van der Waals surface area contributed by atoms with E-state index in [9.17, 15) is 9.18 Å². The minimum Gasteiger partial charge on any atom is -0.493 e. The molecule has 4 N–H and O–H groups in total. The minimum absolute atomic E-state index is 0.269. The lowest BCUT2D eigenvalue weighted by Gasteiger charge is -2.10. The molecule has 0 aliphatic rings. The Bertz CT molecular complexity index is 1190. The maximum absolute atomic E-state index is 13.2. The fourth-order valence-electron chi connectivity index (χ4n) is 3.04. The first-order valence-electron chi connectivity index (χ1n) is 8.71. The van der Waals surface area contributed by atoms with Crippen molar-refractivity contribution in [1.82, 2.24) is 5.16 Å². The Balaban J connectivity index is 1.55. The van der Waals surface area contributed by atoms with Crippen molar-refractivity contribution in [2.45, 2.75) is 0 Å². The predicted octanol–water partition coefficient (Wildman–Crippen LogP) is 4.87. The molecule has 146 valence electrons. The molecule has 8 heteroatoms. The van der Waals surface area contributed by atoms with Crippen LogP contribution in [-0.2, 0) is 0 Å². The minimum atomic E-state index is -0.474. The summed E-state index contributed by atoms with van der Waals surface area (Å²) >= 11 is 0. The number of nitrogens with one attached hydrogen (secondary N) is 2. The zero-order chi connectivity index (χ0) is 20.4. The summed E-state index contributed by atoms with van der Waals surface area (Å²) < 4.78 is 23.8. The summed E-state index contributed by atoms with van der Waals surface area (Å²) in [7, 11) is 1.54. The SMILES string of the molecule is COc1ccc(-c2ccc(NC(=O)Nc3cccc(F)c3)cc2)c2c(N)noc12. The van der Waals surface area contributed by atoms with Crippen molar-refractivity contribution in [2.75, 3.05) is 23.5 Å². The molecule has 0 atom stereocenters. The number of anilines is 3. The molecule has 4 aromatic rings. The van der Waals surface area contributed by atoms with Crippen LogP contribution in [0.4, 0.5) is 26.4 Å². The fourth-order valence-corrected chi connectivity index (χ4v) is 3.04. The Morgan fingerprint density at radius 2 is 1.83 bits per heavy atom. The second-order valence-electron chi connectivity index (χ2n) is 6.25. The largest absolute Gasteiger partial charge is 0.493 e. The summed E-state index contributed by atoms with van der Waals surface area (Å²) in [6, 6.07) is 16.0. The first kappa shape index (κ1) is 18.3. The van der Waals surface area contributed by atoms with Gasteiger partial charge in [-0.1, -0.05) is 23.4 Å². The molecule has 0 saturated carbocycles. The number of halogens is 1. The number of aromatic nitrogens is 1. The van der Waals surface area contributed by atoms with E-state index >= 15 is 0 Å². The molecule has 7 nitrogen and oxygen atoms in total. The maximum Gasteiger partial charge on any atom is 0.323 e. The third kappa shape index (κ3) is 3.68. The lowest BCUT2D eigenvalue weighted by atomic mass is 10.0. The average molecular weight is 392 g/mol. The van der Waals surface area contributed by atoms with Crippen molar-refractivity contribution in [3.05, 3.63) is 66.5 Å². The first-order chi connectivity index (χ1) is 14.0. The number of hydrogen-bond donors (Lipinski definition) is 3. The van der Waals surface area contributed by atoms with Gasteiger partial charge in [0.05, 0.1) is 12.5 Å². The molecule has 0 bridgehead atoms. The zero-order valence-electron chi connectivity index (χ0n) is 15.4. The highest BCUT2D eigenvalue weighted by Crippen LogP contribution is 2.37. The highest BCUT2D eigenvalue weighted by molar-refractivity contribution is 6.03. The Hall–Kier alpha value is -4.07. The first-order valence-corrected chi connectivity index (χ1v) is 8.71. The van der Waals surface area contributed by atoms with Gasteiger partial charge in [-0.05, 0) is 53.6 Å². The van der Waals surface area contributed by atoms with Crippen molar-refractivity contribution in [2.24, 2.45) is 0 Å². The Morgan fingerprint density at radius 3 is 2.55 bits per heavy atom. The molecule has 29 heavy (non-hydrogen) atoms. The van der Waals surface area contributed by atoms with Gasteiger partial charge in [0.2, 0.25) is 5.58 Å². The molecular weight excluding hydrogens is 375 g/mol. The number of nitrogens with two attached hydrogens (primary N) is 1. The van der Waals surface area contributed by atoms with Crippen molar-refractivity contribution in [3.8, 4) is 16.9 Å². The molecule has 0 aliphatic heterocycles. The Kier molecular flexibility index (Phi) is 4.74. The van der Waals surface area contributed by atoms with Gasteiger partial charge in [-0.15, -0.1) is 0 Å². The molecule has 0 spiro atoms. The van der Waals surface area contributed by atoms with E-state index in [0.29, 0.717) is 28.1 Å². The molecule has 1 heterocycles. The second kappa shape index (κ2) is 7.51. The zero-order valence-corrected chi connectivity index (χ0v) is 15.4. The number of fused-ring (bicyclic) bond motifs is 1. The summed E-state index contributed by atoms with van der Waals surface area (Å²) in [6.07, 6.45) is 0. The molecular formula is C21H17FN4O3. The lowest BCUT2D eigenvalue weighted by Crippen LogP contribution is -2.19. The summed E-state index contributed by atoms with van der Waals surface area (Å²) in [5.74, 6) is 0.386. The fraction of sp³-hybridized carbons (Fsp3) is 0.0476. The number of benzene rings is 3. The van der Waals surface area contributed by atoms with Crippen molar-refractivity contribution in [1.29, 1.82) is 0 Å². The number of nitrogen functional groups attached to an aromatic ring is 1. The third-order valence-corrected chi connectivity index (χ3v) is 4.37. The van der Waals surface area contributed by atoms with Crippen molar-refractivity contribution in [3.63, 3.8) is 0 Å². The molecule has 4 rings (SSSR count). The van der Waals surface area contributed by atoms with E-state index in [1.54, 1.807) is 31.4 Å². The van der Waals surface area contributed by atoms with E-state index in [0.717, 1.165) is 11.1 Å². The van der Waals surface area contributed by atoms with E-state index < -0.39 is 11.8 Å². The second-order valence-corrected chi connectivity index (χ2v) is 6.25. The van der Waals surface area contributed by atoms with Crippen LogP contribution in [0.15, 0.2) is 65.2 Å². The number of carbonyl (C=O) groups excluding carboxylic acids is 1. The quantitative estimate of drug-likeness (QED) is 0.460. The van der Waals surface area contributed by atoms with Gasteiger partial charge >= 0.3 is 6.03 Å². The lowest BCUT2D eigenvalue weighted by molar-refractivity contribution is 0.262. The number of urea groups is 1. The van der Waals surface area contributed by atoms with Gasteiger partial charge in [0.25, 0.3) is 0 Å². The van der Waals surface area contributed by atoms with E-state index in [2.05, 4.69) is 15.8 Å². The molecule has 0 aliphatic carbocycles.